The van der Waals surface area contributed by atoms with Gasteiger partial charge in [0, 0.05) is 24.2 Å². The summed E-state index contributed by atoms with van der Waals surface area (Å²) in [6.45, 7) is 1.78. The molecule has 2 aliphatic rings. The maximum absolute atomic E-state index is 12.8. The molecular formula is C24H28Cl2N2O4S. The van der Waals surface area contributed by atoms with Gasteiger partial charge in [-0.2, -0.15) is 0 Å². The summed E-state index contributed by atoms with van der Waals surface area (Å²) in [7, 11) is -3.71. The van der Waals surface area contributed by atoms with Gasteiger partial charge >= 0.3 is 0 Å². The molecule has 0 aromatic heterocycles. The number of piperidine rings is 1. The van der Waals surface area contributed by atoms with Crippen molar-refractivity contribution in [1.82, 2.24) is 9.62 Å². The van der Waals surface area contributed by atoms with E-state index in [-0.39, 0.29) is 6.10 Å². The summed E-state index contributed by atoms with van der Waals surface area (Å²) in [5.74, 6) is 0.135. The lowest BCUT2D eigenvalue weighted by atomic mass is 9.92. The molecule has 178 valence electrons. The number of ether oxygens (including phenoxy) is 1. The lowest BCUT2D eigenvalue weighted by molar-refractivity contribution is 0.0496. The average Bonchev–Trinajstić information content (AvgIpc) is 2.82. The number of nitrogens with zero attached hydrogens (tertiary/aromatic N) is 1. The van der Waals surface area contributed by atoms with E-state index in [1.165, 1.54) is 0 Å². The maximum atomic E-state index is 12.8. The summed E-state index contributed by atoms with van der Waals surface area (Å²) in [6.07, 6.45) is 4.69. The smallest absolute Gasteiger partial charge is 0.264 e. The van der Waals surface area contributed by atoms with Crippen LogP contribution in [0.15, 0.2) is 48.5 Å². The van der Waals surface area contributed by atoms with Gasteiger partial charge in [0.1, 0.15) is 11.9 Å². The Hall–Kier alpha value is -1.80. The molecule has 1 N–H and O–H groups in total. The van der Waals surface area contributed by atoms with Gasteiger partial charge in [0.05, 0.1) is 15.3 Å². The minimum absolute atomic E-state index is 0.0580. The average molecular weight is 511 g/mol. The van der Waals surface area contributed by atoms with Crippen molar-refractivity contribution in [3.8, 4) is 5.75 Å². The maximum Gasteiger partial charge on any atom is 0.264 e. The molecule has 0 spiro atoms. The van der Waals surface area contributed by atoms with Crippen molar-refractivity contribution in [2.45, 2.75) is 55.9 Å². The van der Waals surface area contributed by atoms with E-state index >= 15 is 0 Å². The van der Waals surface area contributed by atoms with E-state index in [1.807, 2.05) is 6.07 Å². The molecule has 6 nitrogen and oxygen atoms in total. The zero-order valence-corrected chi connectivity index (χ0v) is 20.6. The first-order valence-corrected chi connectivity index (χ1v) is 13.6. The van der Waals surface area contributed by atoms with Gasteiger partial charge in [0.25, 0.3) is 5.91 Å². The first kappa shape index (κ1) is 24.3. The SMILES string of the molecule is O=C(NS(=O)(=O)C1CCC(N2CCCC(Oc3ccc(Cl)c(Cl)c3)C2)CC1)c1ccccc1. The molecule has 1 heterocycles. The topological polar surface area (TPSA) is 75.7 Å². The van der Waals surface area contributed by atoms with Gasteiger partial charge in [-0.05, 0) is 69.3 Å². The van der Waals surface area contributed by atoms with Crippen LogP contribution in [0.3, 0.4) is 0 Å². The number of nitrogens with one attached hydrogen (secondary N) is 1. The number of carbonyl (C=O) groups is 1. The third kappa shape index (κ3) is 6.21. The van der Waals surface area contributed by atoms with Crippen LogP contribution in [-0.2, 0) is 10.0 Å². The molecule has 1 atom stereocenters. The van der Waals surface area contributed by atoms with Gasteiger partial charge in [-0.3, -0.25) is 9.69 Å². The molecule has 2 aromatic rings. The Labute approximate surface area is 205 Å². The predicted molar refractivity (Wildman–Crippen MR) is 131 cm³/mol. The van der Waals surface area contributed by atoms with Crippen molar-refractivity contribution >= 4 is 39.1 Å². The summed E-state index contributed by atoms with van der Waals surface area (Å²) < 4.78 is 34.0. The fourth-order valence-corrected chi connectivity index (χ4v) is 6.44. The number of carbonyl (C=O) groups excluding carboxylic acids is 1. The van der Waals surface area contributed by atoms with E-state index in [9.17, 15) is 13.2 Å². The zero-order valence-electron chi connectivity index (χ0n) is 18.3. The van der Waals surface area contributed by atoms with Gasteiger partial charge in [0.15, 0.2) is 0 Å². The summed E-state index contributed by atoms with van der Waals surface area (Å²) in [6, 6.07) is 14.0. The third-order valence-corrected chi connectivity index (χ3v) is 9.03. The van der Waals surface area contributed by atoms with Crippen molar-refractivity contribution in [3.05, 3.63) is 64.1 Å². The molecule has 33 heavy (non-hydrogen) atoms. The zero-order chi connectivity index (χ0) is 23.4. The Morgan fingerprint density at radius 3 is 2.39 bits per heavy atom. The number of hydrogen-bond donors (Lipinski definition) is 1. The molecule has 1 aliphatic carbocycles. The van der Waals surface area contributed by atoms with E-state index in [2.05, 4.69) is 9.62 Å². The van der Waals surface area contributed by atoms with E-state index < -0.39 is 21.2 Å². The number of amides is 1. The highest BCUT2D eigenvalue weighted by Crippen LogP contribution is 2.31. The first-order valence-electron chi connectivity index (χ1n) is 11.3. The molecule has 2 aromatic carbocycles. The Bertz CT molecular complexity index is 1070. The summed E-state index contributed by atoms with van der Waals surface area (Å²) in [4.78, 5) is 14.7. The highest BCUT2D eigenvalue weighted by atomic mass is 35.5. The van der Waals surface area contributed by atoms with Gasteiger partial charge in [-0.1, -0.05) is 41.4 Å². The van der Waals surface area contributed by atoms with Gasteiger partial charge in [-0.15, -0.1) is 0 Å². The van der Waals surface area contributed by atoms with Gasteiger partial charge in [-0.25, -0.2) is 13.1 Å². The summed E-state index contributed by atoms with van der Waals surface area (Å²) in [5.41, 5.74) is 0.344. The Morgan fingerprint density at radius 2 is 1.70 bits per heavy atom. The molecule has 1 unspecified atom stereocenters. The number of halogens is 2. The molecule has 0 bridgehead atoms. The molecule has 9 heteroatoms. The fraction of sp³-hybridized carbons (Fsp3) is 0.458. The van der Waals surface area contributed by atoms with Crippen LogP contribution in [0, 0.1) is 0 Å². The molecule has 2 fully saturated rings. The minimum atomic E-state index is -3.71. The lowest BCUT2D eigenvalue weighted by Gasteiger charge is -2.41. The quantitative estimate of drug-likeness (QED) is 0.597. The monoisotopic (exact) mass is 510 g/mol. The van der Waals surface area contributed by atoms with Crippen LogP contribution >= 0.6 is 23.2 Å². The van der Waals surface area contributed by atoms with Crippen LogP contribution in [0.25, 0.3) is 0 Å². The lowest BCUT2D eigenvalue weighted by Crippen LogP contribution is -2.49. The van der Waals surface area contributed by atoms with E-state index in [4.69, 9.17) is 27.9 Å². The van der Waals surface area contributed by atoms with E-state index in [1.54, 1.807) is 42.5 Å². The van der Waals surface area contributed by atoms with Crippen LogP contribution in [0.1, 0.15) is 48.9 Å². The number of hydrogen-bond acceptors (Lipinski definition) is 5. The van der Waals surface area contributed by atoms with Crippen molar-refractivity contribution in [1.29, 1.82) is 0 Å². The molecular weight excluding hydrogens is 483 g/mol. The Morgan fingerprint density at radius 1 is 0.970 bits per heavy atom. The first-order chi connectivity index (χ1) is 15.8. The molecule has 4 rings (SSSR count). The third-order valence-electron chi connectivity index (χ3n) is 6.47. The second kappa shape index (κ2) is 10.6. The molecule has 1 saturated heterocycles. The van der Waals surface area contributed by atoms with Gasteiger partial charge in [0.2, 0.25) is 10.0 Å². The second-order valence-electron chi connectivity index (χ2n) is 8.73. The van der Waals surface area contributed by atoms with Crippen molar-refractivity contribution in [2.75, 3.05) is 13.1 Å². The number of rotatable bonds is 6. The van der Waals surface area contributed by atoms with Crippen LogP contribution in [0.2, 0.25) is 10.0 Å². The molecule has 1 saturated carbocycles. The van der Waals surface area contributed by atoms with Crippen LogP contribution in [-0.4, -0.2) is 49.7 Å². The molecule has 0 radical (unpaired) electrons. The Kier molecular flexibility index (Phi) is 7.84. The van der Waals surface area contributed by atoms with Crippen molar-refractivity contribution < 1.29 is 17.9 Å². The van der Waals surface area contributed by atoms with Crippen molar-refractivity contribution in [2.24, 2.45) is 0 Å². The standard InChI is InChI=1S/C24H28Cl2N2O4S/c25-22-13-10-19(15-23(22)26)32-20-7-4-14-28(16-20)18-8-11-21(12-9-18)33(30,31)27-24(29)17-5-2-1-3-6-17/h1-3,5-6,10,13,15,18,20-21H,4,7-9,11-12,14,16H2,(H,27,29). The normalized spacial score (nSPS) is 24.2. The van der Waals surface area contributed by atoms with Crippen molar-refractivity contribution in [3.63, 3.8) is 0 Å². The highest BCUT2D eigenvalue weighted by Gasteiger charge is 2.35. The Balaban J connectivity index is 1.29. The van der Waals surface area contributed by atoms with Crippen LogP contribution in [0.5, 0.6) is 5.75 Å². The van der Waals surface area contributed by atoms with Crippen LogP contribution < -0.4 is 9.46 Å². The minimum Gasteiger partial charge on any atom is -0.489 e. The number of likely N-dealkylation sites (tertiary alicyclic amines) is 1. The highest BCUT2D eigenvalue weighted by molar-refractivity contribution is 7.90. The summed E-state index contributed by atoms with van der Waals surface area (Å²) >= 11 is 12.1. The van der Waals surface area contributed by atoms with E-state index in [0.29, 0.717) is 40.2 Å². The fourth-order valence-electron chi connectivity index (χ4n) is 4.72. The van der Waals surface area contributed by atoms with Crippen LogP contribution in [0.4, 0.5) is 0 Å². The summed E-state index contributed by atoms with van der Waals surface area (Å²) in [5, 5.41) is 0.427. The molecule has 1 aliphatic heterocycles. The molecule has 1 amide bonds. The number of benzene rings is 2. The van der Waals surface area contributed by atoms with Gasteiger partial charge < -0.3 is 4.74 Å². The number of sulfonamides is 1. The van der Waals surface area contributed by atoms with E-state index in [0.717, 1.165) is 38.8 Å². The predicted octanol–water partition coefficient (Wildman–Crippen LogP) is 4.91. The largest absolute Gasteiger partial charge is 0.489 e. The second-order valence-corrected chi connectivity index (χ2v) is 11.5.